The summed E-state index contributed by atoms with van der Waals surface area (Å²) in [5, 5.41) is 0. The van der Waals surface area contributed by atoms with Crippen molar-refractivity contribution in [3.05, 3.63) is 29.8 Å². The van der Waals surface area contributed by atoms with Crippen LogP contribution in [0.2, 0.25) is 0 Å². The third-order valence-corrected chi connectivity index (χ3v) is 3.21. The lowest BCUT2D eigenvalue weighted by Crippen LogP contribution is -2.22. The molecule has 0 spiro atoms. The lowest BCUT2D eigenvalue weighted by molar-refractivity contribution is 0.391. The molecule has 0 aliphatic rings. The van der Waals surface area contributed by atoms with Gasteiger partial charge in [0.1, 0.15) is 5.82 Å². The SMILES string of the molecule is CCCCC(C)(CC)c1ccc(F)cn1. The van der Waals surface area contributed by atoms with Crippen LogP contribution >= 0.6 is 0 Å². The zero-order chi connectivity index (χ0) is 11.3. The van der Waals surface area contributed by atoms with Gasteiger partial charge in [0.2, 0.25) is 0 Å². The van der Waals surface area contributed by atoms with Gasteiger partial charge in [-0.25, -0.2) is 4.39 Å². The summed E-state index contributed by atoms with van der Waals surface area (Å²) in [5.74, 6) is -0.257. The van der Waals surface area contributed by atoms with Gasteiger partial charge in [-0.05, 0) is 25.0 Å². The van der Waals surface area contributed by atoms with Crippen LogP contribution in [0.1, 0.15) is 52.1 Å². The molecule has 15 heavy (non-hydrogen) atoms. The van der Waals surface area contributed by atoms with Crippen molar-refractivity contribution in [3.8, 4) is 0 Å². The van der Waals surface area contributed by atoms with Crippen LogP contribution in [0.3, 0.4) is 0 Å². The molecule has 1 rings (SSSR count). The van der Waals surface area contributed by atoms with E-state index in [0.29, 0.717) is 0 Å². The fourth-order valence-electron chi connectivity index (χ4n) is 1.79. The number of hydrogen-bond donors (Lipinski definition) is 0. The van der Waals surface area contributed by atoms with Crippen LogP contribution in [-0.4, -0.2) is 4.98 Å². The molecule has 1 unspecified atom stereocenters. The van der Waals surface area contributed by atoms with Crippen LogP contribution < -0.4 is 0 Å². The smallest absolute Gasteiger partial charge is 0.141 e. The van der Waals surface area contributed by atoms with Gasteiger partial charge in [-0.2, -0.15) is 0 Å². The molecule has 0 amide bonds. The van der Waals surface area contributed by atoms with E-state index < -0.39 is 0 Å². The molecule has 1 aromatic heterocycles. The second-order valence-electron chi connectivity index (χ2n) is 4.38. The standard InChI is InChI=1S/C13H20FN/c1-4-6-9-13(3,5-2)12-8-7-11(14)10-15-12/h7-8,10H,4-6,9H2,1-3H3. The van der Waals surface area contributed by atoms with E-state index in [1.54, 1.807) is 0 Å². The van der Waals surface area contributed by atoms with Gasteiger partial charge in [0.25, 0.3) is 0 Å². The zero-order valence-electron chi connectivity index (χ0n) is 9.89. The van der Waals surface area contributed by atoms with Gasteiger partial charge in [0.05, 0.1) is 6.20 Å². The fourth-order valence-corrected chi connectivity index (χ4v) is 1.79. The van der Waals surface area contributed by atoms with Crippen molar-refractivity contribution in [3.63, 3.8) is 0 Å². The first-order chi connectivity index (χ1) is 7.12. The summed E-state index contributed by atoms with van der Waals surface area (Å²) in [4.78, 5) is 4.20. The summed E-state index contributed by atoms with van der Waals surface area (Å²) in [7, 11) is 0. The van der Waals surface area contributed by atoms with Gasteiger partial charge < -0.3 is 0 Å². The Morgan fingerprint density at radius 2 is 2.07 bits per heavy atom. The largest absolute Gasteiger partial charge is 0.258 e. The molecule has 0 fully saturated rings. The van der Waals surface area contributed by atoms with Gasteiger partial charge in [-0.15, -0.1) is 0 Å². The van der Waals surface area contributed by atoms with Crippen molar-refractivity contribution in [2.75, 3.05) is 0 Å². The maximum Gasteiger partial charge on any atom is 0.141 e. The summed E-state index contributed by atoms with van der Waals surface area (Å²) in [6.45, 7) is 6.57. The summed E-state index contributed by atoms with van der Waals surface area (Å²) >= 11 is 0. The van der Waals surface area contributed by atoms with Crippen molar-refractivity contribution in [2.45, 2.75) is 51.9 Å². The highest BCUT2D eigenvalue weighted by atomic mass is 19.1. The van der Waals surface area contributed by atoms with E-state index in [-0.39, 0.29) is 11.2 Å². The molecule has 0 radical (unpaired) electrons. The van der Waals surface area contributed by atoms with Crippen LogP contribution in [0.25, 0.3) is 0 Å². The Morgan fingerprint density at radius 3 is 2.53 bits per heavy atom. The highest BCUT2D eigenvalue weighted by Gasteiger charge is 2.25. The molecule has 0 N–H and O–H groups in total. The van der Waals surface area contributed by atoms with Crippen LogP contribution in [-0.2, 0) is 5.41 Å². The first-order valence-electron chi connectivity index (χ1n) is 5.74. The van der Waals surface area contributed by atoms with Crippen LogP contribution in [0.5, 0.6) is 0 Å². The molecule has 2 heteroatoms. The lowest BCUT2D eigenvalue weighted by atomic mass is 9.79. The van der Waals surface area contributed by atoms with Gasteiger partial charge in [0, 0.05) is 11.1 Å². The number of nitrogens with zero attached hydrogens (tertiary/aromatic N) is 1. The molecule has 0 aromatic carbocycles. The van der Waals surface area contributed by atoms with E-state index in [1.165, 1.54) is 25.1 Å². The Kier molecular flexibility index (Phi) is 4.25. The third kappa shape index (κ3) is 3.01. The Labute approximate surface area is 91.7 Å². The second kappa shape index (κ2) is 5.24. The van der Waals surface area contributed by atoms with Crippen LogP contribution in [0, 0.1) is 5.82 Å². The van der Waals surface area contributed by atoms with Gasteiger partial charge in [-0.1, -0.05) is 33.6 Å². The Morgan fingerprint density at radius 1 is 1.33 bits per heavy atom. The number of rotatable bonds is 5. The maximum atomic E-state index is 12.8. The van der Waals surface area contributed by atoms with E-state index in [2.05, 4.69) is 25.8 Å². The van der Waals surface area contributed by atoms with E-state index in [4.69, 9.17) is 0 Å². The molecule has 0 bridgehead atoms. The Balaban J connectivity index is 2.85. The first kappa shape index (κ1) is 12.2. The molecule has 84 valence electrons. The van der Waals surface area contributed by atoms with E-state index in [1.807, 2.05) is 6.07 Å². The van der Waals surface area contributed by atoms with Crippen molar-refractivity contribution >= 4 is 0 Å². The van der Waals surface area contributed by atoms with Crippen molar-refractivity contribution in [1.29, 1.82) is 0 Å². The third-order valence-electron chi connectivity index (χ3n) is 3.21. The Bertz CT molecular complexity index is 294. The topological polar surface area (TPSA) is 12.9 Å². The predicted octanol–water partition coefficient (Wildman–Crippen LogP) is 4.08. The van der Waals surface area contributed by atoms with E-state index in [9.17, 15) is 4.39 Å². The minimum atomic E-state index is -0.257. The molecule has 0 aliphatic carbocycles. The molecule has 1 aromatic rings. The molecular weight excluding hydrogens is 189 g/mol. The Hall–Kier alpha value is -0.920. The molecular formula is C13H20FN. The van der Waals surface area contributed by atoms with E-state index in [0.717, 1.165) is 18.5 Å². The molecule has 0 saturated heterocycles. The second-order valence-corrected chi connectivity index (χ2v) is 4.38. The quantitative estimate of drug-likeness (QED) is 0.712. The average Bonchev–Trinajstić information content (AvgIpc) is 2.27. The summed E-state index contributed by atoms with van der Waals surface area (Å²) in [6.07, 6.45) is 5.87. The highest BCUT2D eigenvalue weighted by Crippen LogP contribution is 2.31. The minimum absolute atomic E-state index is 0.101. The summed E-state index contributed by atoms with van der Waals surface area (Å²) in [6, 6.07) is 3.32. The van der Waals surface area contributed by atoms with Crippen molar-refractivity contribution in [2.24, 2.45) is 0 Å². The van der Waals surface area contributed by atoms with Crippen LogP contribution in [0.4, 0.5) is 4.39 Å². The average molecular weight is 209 g/mol. The molecule has 0 saturated carbocycles. The summed E-state index contributed by atoms with van der Waals surface area (Å²) in [5.41, 5.74) is 1.11. The molecule has 0 aliphatic heterocycles. The number of aromatic nitrogens is 1. The lowest BCUT2D eigenvalue weighted by Gasteiger charge is -2.27. The van der Waals surface area contributed by atoms with Crippen molar-refractivity contribution < 1.29 is 4.39 Å². The van der Waals surface area contributed by atoms with Gasteiger partial charge in [0.15, 0.2) is 0 Å². The number of hydrogen-bond acceptors (Lipinski definition) is 1. The maximum absolute atomic E-state index is 12.8. The van der Waals surface area contributed by atoms with Crippen LogP contribution in [0.15, 0.2) is 18.3 Å². The minimum Gasteiger partial charge on any atom is -0.258 e. The summed E-state index contributed by atoms with van der Waals surface area (Å²) < 4.78 is 12.8. The van der Waals surface area contributed by atoms with Gasteiger partial charge >= 0.3 is 0 Å². The molecule has 1 nitrogen and oxygen atoms in total. The van der Waals surface area contributed by atoms with E-state index >= 15 is 0 Å². The number of unbranched alkanes of at least 4 members (excludes halogenated alkanes) is 1. The highest BCUT2D eigenvalue weighted by molar-refractivity contribution is 5.16. The monoisotopic (exact) mass is 209 g/mol. The van der Waals surface area contributed by atoms with Crippen molar-refractivity contribution in [1.82, 2.24) is 4.98 Å². The normalized spacial score (nSPS) is 14.9. The fraction of sp³-hybridized carbons (Fsp3) is 0.615. The number of halogens is 1. The predicted molar refractivity (Wildman–Crippen MR) is 61.4 cm³/mol. The number of pyridine rings is 1. The van der Waals surface area contributed by atoms with Gasteiger partial charge in [-0.3, -0.25) is 4.98 Å². The molecule has 1 heterocycles. The molecule has 1 atom stereocenters. The first-order valence-corrected chi connectivity index (χ1v) is 5.74. The zero-order valence-corrected chi connectivity index (χ0v) is 9.89.